The maximum Gasteiger partial charge on any atom is 0.142 e. The lowest BCUT2D eigenvalue weighted by Crippen LogP contribution is -2.12. The first kappa shape index (κ1) is 18.3. The summed E-state index contributed by atoms with van der Waals surface area (Å²) in [6.45, 7) is 2.02. The van der Waals surface area contributed by atoms with Gasteiger partial charge in [-0.05, 0) is 43.0 Å². The van der Waals surface area contributed by atoms with Crippen LogP contribution in [-0.4, -0.2) is 32.2 Å². The second kappa shape index (κ2) is 8.17. The molecule has 0 aromatic heterocycles. The Labute approximate surface area is 146 Å². The Hall–Kier alpha value is -2.05. The second-order valence-electron chi connectivity index (χ2n) is 5.32. The predicted molar refractivity (Wildman–Crippen MR) is 97.4 cm³/mol. The van der Waals surface area contributed by atoms with Crippen molar-refractivity contribution in [1.29, 1.82) is 0 Å². The van der Waals surface area contributed by atoms with Gasteiger partial charge >= 0.3 is 0 Å². The average Bonchev–Trinajstić information content (AvgIpc) is 2.59. The monoisotopic (exact) mass is 349 g/mol. The third kappa shape index (κ3) is 4.07. The first-order valence-electron chi connectivity index (χ1n) is 7.47. The topological polar surface area (TPSA) is 73.9 Å². The molecule has 0 heterocycles. The van der Waals surface area contributed by atoms with Gasteiger partial charge in [-0.25, -0.2) is 0 Å². The molecular weight excluding hydrogens is 326 g/mol. The van der Waals surface area contributed by atoms with Gasteiger partial charge in [-0.15, -0.1) is 11.8 Å². The van der Waals surface area contributed by atoms with Crippen molar-refractivity contribution in [2.45, 2.75) is 17.9 Å². The molecule has 24 heavy (non-hydrogen) atoms. The third-order valence-corrected chi connectivity index (χ3v) is 4.42. The molecule has 2 aromatic carbocycles. The maximum atomic E-state index is 10.5. The van der Waals surface area contributed by atoms with E-state index in [-0.39, 0.29) is 6.61 Å². The molecule has 0 spiro atoms. The van der Waals surface area contributed by atoms with E-state index in [4.69, 9.17) is 19.9 Å². The van der Waals surface area contributed by atoms with Gasteiger partial charge in [0.05, 0.1) is 24.8 Å². The number of hydrogen-bond acceptors (Lipinski definition) is 6. The molecule has 0 saturated carbocycles. The zero-order valence-corrected chi connectivity index (χ0v) is 15.1. The average molecular weight is 349 g/mol. The predicted octanol–water partition coefficient (Wildman–Crippen LogP) is 3.43. The summed E-state index contributed by atoms with van der Waals surface area (Å²) in [5.74, 6) is 1.83. The van der Waals surface area contributed by atoms with Crippen molar-refractivity contribution in [3.63, 3.8) is 0 Å². The van der Waals surface area contributed by atoms with Crippen molar-refractivity contribution in [2.75, 3.05) is 32.8 Å². The number of methoxy groups -OCH3 is 2. The Balaban J connectivity index is 2.20. The fourth-order valence-electron chi connectivity index (χ4n) is 2.37. The molecular formula is C18H23NO4S. The number of aryl methyl sites for hydroxylation is 1. The quantitative estimate of drug-likeness (QED) is 0.589. The van der Waals surface area contributed by atoms with Gasteiger partial charge in [0, 0.05) is 5.56 Å². The summed E-state index contributed by atoms with van der Waals surface area (Å²) in [7, 11) is 3.17. The van der Waals surface area contributed by atoms with Crippen LogP contribution in [-0.2, 0) is 0 Å². The largest absolute Gasteiger partial charge is 0.496 e. The Morgan fingerprint density at radius 1 is 1.08 bits per heavy atom. The normalized spacial score (nSPS) is 11.9. The van der Waals surface area contributed by atoms with Crippen molar-refractivity contribution < 1.29 is 19.3 Å². The number of rotatable bonds is 7. The molecule has 0 aliphatic rings. The van der Waals surface area contributed by atoms with Crippen LogP contribution < -0.4 is 19.9 Å². The van der Waals surface area contributed by atoms with Gasteiger partial charge in [0.2, 0.25) is 0 Å². The number of hydrogen-bond donors (Lipinski definition) is 2. The molecule has 2 aromatic rings. The molecule has 2 rings (SSSR count). The van der Waals surface area contributed by atoms with E-state index in [1.165, 1.54) is 0 Å². The van der Waals surface area contributed by atoms with Gasteiger partial charge in [0.15, 0.2) is 0 Å². The molecule has 3 N–H and O–H groups in total. The molecule has 1 atom stereocenters. The molecule has 0 aliphatic carbocycles. The SMILES string of the molecule is COc1cc(C(O)COc2ccc(C)cc2N)c(OC)cc1SC. The van der Waals surface area contributed by atoms with Crippen molar-refractivity contribution >= 4 is 17.4 Å². The van der Waals surface area contributed by atoms with E-state index in [0.29, 0.717) is 28.5 Å². The highest BCUT2D eigenvalue weighted by molar-refractivity contribution is 7.98. The summed E-state index contributed by atoms with van der Waals surface area (Å²) in [5, 5.41) is 10.5. The van der Waals surface area contributed by atoms with Crippen LogP contribution in [0.2, 0.25) is 0 Å². The Morgan fingerprint density at radius 2 is 1.79 bits per heavy atom. The summed E-state index contributed by atoms with van der Waals surface area (Å²) < 4.78 is 16.4. The Bertz CT molecular complexity index is 706. The number of ether oxygens (including phenoxy) is 3. The van der Waals surface area contributed by atoms with Gasteiger partial charge in [-0.3, -0.25) is 0 Å². The molecule has 5 nitrogen and oxygen atoms in total. The molecule has 0 radical (unpaired) electrons. The molecule has 1 unspecified atom stereocenters. The van der Waals surface area contributed by atoms with E-state index in [2.05, 4.69) is 0 Å². The Kier molecular flexibility index (Phi) is 6.23. The minimum Gasteiger partial charge on any atom is -0.496 e. The second-order valence-corrected chi connectivity index (χ2v) is 6.17. The highest BCUT2D eigenvalue weighted by Gasteiger charge is 2.18. The first-order valence-corrected chi connectivity index (χ1v) is 8.69. The van der Waals surface area contributed by atoms with Crippen LogP contribution in [0.5, 0.6) is 17.2 Å². The smallest absolute Gasteiger partial charge is 0.142 e. The molecule has 130 valence electrons. The van der Waals surface area contributed by atoms with E-state index in [1.54, 1.807) is 38.1 Å². The standard InChI is InChI=1S/C18H23NO4S/c1-11-5-6-15(13(19)7-11)23-10-14(20)12-8-17(22-3)18(24-4)9-16(12)21-2/h5-9,14,20H,10,19H2,1-4H3. The number of nitrogen functional groups attached to an aromatic ring is 1. The van der Waals surface area contributed by atoms with Crippen molar-refractivity contribution in [1.82, 2.24) is 0 Å². The first-order chi connectivity index (χ1) is 11.5. The highest BCUT2D eigenvalue weighted by Crippen LogP contribution is 2.37. The van der Waals surface area contributed by atoms with Gasteiger partial charge in [0.1, 0.15) is 30.0 Å². The lowest BCUT2D eigenvalue weighted by atomic mass is 10.1. The van der Waals surface area contributed by atoms with Gasteiger partial charge in [-0.2, -0.15) is 0 Å². The van der Waals surface area contributed by atoms with Crippen LogP contribution in [0.25, 0.3) is 0 Å². The Morgan fingerprint density at radius 3 is 2.38 bits per heavy atom. The van der Waals surface area contributed by atoms with Crippen LogP contribution in [0.1, 0.15) is 17.2 Å². The number of anilines is 1. The van der Waals surface area contributed by atoms with Crippen molar-refractivity contribution in [2.24, 2.45) is 0 Å². The van der Waals surface area contributed by atoms with Crippen molar-refractivity contribution in [3.8, 4) is 17.2 Å². The van der Waals surface area contributed by atoms with Gasteiger partial charge < -0.3 is 25.1 Å². The summed E-state index contributed by atoms with van der Waals surface area (Å²) >= 11 is 1.55. The van der Waals surface area contributed by atoms with E-state index < -0.39 is 6.10 Å². The van der Waals surface area contributed by atoms with Crippen molar-refractivity contribution in [3.05, 3.63) is 41.5 Å². The number of benzene rings is 2. The van der Waals surface area contributed by atoms with Crippen LogP contribution >= 0.6 is 11.8 Å². The fraction of sp³-hybridized carbons (Fsp3) is 0.333. The molecule has 0 aliphatic heterocycles. The van der Waals surface area contributed by atoms with Gasteiger partial charge in [-0.1, -0.05) is 6.07 Å². The van der Waals surface area contributed by atoms with Crippen LogP contribution in [0.15, 0.2) is 35.2 Å². The van der Waals surface area contributed by atoms with E-state index >= 15 is 0 Å². The summed E-state index contributed by atoms with van der Waals surface area (Å²) in [6, 6.07) is 9.17. The molecule has 0 bridgehead atoms. The van der Waals surface area contributed by atoms with Crippen LogP contribution in [0, 0.1) is 6.92 Å². The third-order valence-electron chi connectivity index (χ3n) is 3.66. The minimum absolute atomic E-state index is 0.0609. The number of aliphatic hydroxyl groups is 1. The van der Waals surface area contributed by atoms with E-state index in [9.17, 15) is 5.11 Å². The number of thioether (sulfide) groups is 1. The maximum absolute atomic E-state index is 10.5. The molecule has 0 amide bonds. The van der Waals surface area contributed by atoms with Crippen LogP contribution in [0.4, 0.5) is 5.69 Å². The fourth-order valence-corrected chi connectivity index (χ4v) is 2.94. The molecule has 6 heteroatoms. The summed E-state index contributed by atoms with van der Waals surface area (Å²) in [5.41, 5.74) is 8.14. The lowest BCUT2D eigenvalue weighted by Gasteiger charge is -2.19. The minimum atomic E-state index is -0.870. The number of nitrogens with two attached hydrogens (primary N) is 1. The van der Waals surface area contributed by atoms with E-state index in [0.717, 1.165) is 10.5 Å². The van der Waals surface area contributed by atoms with E-state index in [1.807, 2.05) is 31.4 Å². The summed E-state index contributed by atoms with van der Waals surface area (Å²) in [6.07, 6.45) is 1.09. The zero-order valence-electron chi connectivity index (χ0n) is 14.3. The highest BCUT2D eigenvalue weighted by atomic mass is 32.2. The number of aliphatic hydroxyl groups excluding tert-OH is 1. The lowest BCUT2D eigenvalue weighted by molar-refractivity contribution is 0.106. The zero-order chi connectivity index (χ0) is 17.7. The van der Waals surface area contributed by atoms with Crippen LogP contribution in [0.3, 0.4) is 0 Å². The molecule has 0 fully saturated rings. The molecule has 0 saturated heterocycles. The summed E-state index contributed by atoms with van der Waals surface area (Å²) in [4.78, 5) is 0.939. The van der Waals surface area contributed by atoms with Gasteiger partial charge in [0.25, 0.3) is 0 Å².